The quantitative estimate of drug-likeness (QED) is 0.431. The summed E-state index contributed by atoms with van der Waals surface area (Å²) in [4.78, 5) is 31.9. The van der Waals surface area contributed by atoms with Gasteiger partial charge in [0, 0.05) is 50.2 Å². The van der Waals surface area contributed by atoms with Crippen LogP contribution >= 0.6 is 0 Å². The van der Waals surface area contributed by atoms with Gasteiger partial charge in [0.15, 0.2) is 11.5 Å². The van der Waals surface area contributed by atoms with E-state index >= 15 is 0 Å². The van der Waals surface area contributed by atoms with Gasteiger partial charge in [0.05, 0.1) is 6.20 Å². The number of amides is 1. The molecule has 2 aliphatic rings. The Morgan fingerprint density at radius 2 is 1.69 bits per heavy atom. The highest BCUT2D eigenvalue weighted by Gasteiger charge is 2.32. The molecule has 2 aliphatic heterocycles. The molecule has 0 atom stereocenters. The van der Waals surface area contributed by atoms with Crippen LogP contribution in [0.15, 0.2) is 61.2 Å². The van der Waals surface area contributed by atoms with Crippen molar-refractivity contribution in [3.05, 3.63) is 66.7 Å². The molecule has 1 amide bonds. The third kappa shape index (κ3) is 4.58. The zero-order valence-corrected chi connectivity index (χ0v) is 20.3. The smallest absolute Gasteiger partial charge is 0.225 e. The Hall–Kier alpha value is -3.72. The number of carbonyl (C=O) groups excluding carboxylic acids is 1. The first-order valence-corrected chi connectivity index (χ1v) is 12.8. The largest absolute Gasteiger partial charge is 0.342 e. The molecule has 0 saturated carbocycles. The number of carbonyl (C=O) groups is 1. The van der Waals surface area contributed by atoms with E-state index < -0.39 is 0 Å². The van der Waals surface area contributed by atoms with Crippen LogP contribution in [0.1, 0.15) is 37.3 Å². The van der Waals surface area contributed by atoms with Crippen molar-refractivity contribution in [1.29, 1.82) is 0 Å². The number of nitrogens with zero attached hydrogens (tertiary/aromatic N) is 8. The minimum Gasteiger partial charge on any atom is -0.342 e. The fraction of sp³-hybridized carbons (Fsp3) is 0.407. The van der Waals surface area contributed by atoms with Crippen molar-refractivity contribution in [2.45, 2.75) is 38.3 Å². The Morgan fingerprint density at radius 1 is 0.861 bits per heavy atom. The van der Waals surface area contributed by atoms with Crippen molar-refractivity contribution in [3.63, 3.8) is 0 Å². The summed E-state index contributed by atoms with van der Waals surface area (Å²) in [6.45, 7) is 4.28. The second-order valence-corrected chi connectivity index (χ2v) is 9.72. The van der Waals surface area contributed by atoms with E-state index in [1.807, 2.05) is 48.8 Å². The van der Waals surface area contributed by atoms with E-state index in [1.54, 1.807) is 12.4 Å². The Labute approximate surface area is 210 Å². The molecular formula is C27H30N8O. The lowest BCUT2D eigenvalue weighted by atomic mass is 9.93. The first kappa shape index (κ1) is 22.7. The molecule has 0 radical (unpaired) electrons. The van der Waals surface area contributed by atoms with Crippen LogP contribution in [0.4, 0.5) is 0 Å². The minimum atomic E-state index is 0.119. The molecule has 36 heavy (non-hydrogen) atoms. The first-order valence-electron chi connectivity index (χ1n) is 12.8. The lowest BCUT2D eigenvalue weighted by molar-refractivity contribution is -0.138. The van der Waals surface area contributed by atoms with Gasteiger partial charge in [0.25, 0.3) is 0 Å². The lowest BCUT2D eigenvalue weighted by Crippen LogP contribution is -2.45. The van der Waals surface area contributed by atoms with Gasteiger partial charge >= 0.3 is 0 Å². The van der Waals surface area contributed by atoms with Gasteiger partial charge < -0.3 is 9.47 Å². The fourth-order valence-electron chi connectivity index (χ4n) is 5.56. The third-order valence-corrected chi connectivity index (χ3v) is 7.47. The van der Waals surface area contributed by atoms with Crippen molar-refractivity contribution in [2.24, 2.45) is 5.92 Å². The Bertz CT molecular complexity index is 1310. The highest BCUT2D eigenvalue weighted by atomic mass is 16.2. The molecule has 4 aromatic heterocycles. The van der Waals surface area contributed by atoms with E-state index in [1.165, 1.54) is 5.56 Å². The van der Waals surface area contributed by atoms with Gasteiger partial charge in [-0.3, -0.25) is 14.7 Å². The molecule has 0 aromatic carbocycles. The second-order valence-electron chi connectivity index (χ2n) is 9.72. The Morgan fingerprint density at radius 3 is 2.44 bits per heavy atom. The molecule has 184 valence electrons. The molecule has 6 rings (SSSR count). The van der Waals surface area contributed by atoms with Gasteiger partial charge in [0.1, 0.15) is 11.2 Å². The minimum absolute atomic E-state index is 0.119. The molecule has 9 nitrogen and oxygen atoms in total. The molecule has 4 aromatic rings. The van der Waals surface area contributed by atoms with Crippen LogP contribution in [-0.2, 0) is 11.3 Å². The number of fused-ring (bicyclic) bond motifs is 1. The van der Waals surface area contributed by atoms with E-state index in [2.05, 4.69) is 34.5 Å². The summed E-state index contributed by atoms with van der Waals surface area (Å²) < 4.78 is 2.24. The molecule has 2 fully saturated rings. The highest BCUT2D eigenvalue weighted by molar-refractivity contribution is 5.79. The second kappa shape index (κ2) is 10.1. The number of hydrogen-bond donors (Lipinski definition) is 0. The number of rotatable bonds is 5. The van der Waals surface area contributed by atoms with Gasteiger partial charge in [-0.05, 0) is 74.7 Å². The number of likely N-dealkylation sites (tertiary alicyclic amines) is 2. The average molecular weight is 483 g/mol. The van der Waals surface area contributed by atoms with Gasteiger partial charge in [-0.1, -0.05) is 6.07 Å². The van der Waals surface area contributed by atoms with Crippen LogP contribution in [0.25, 0.3) is 22.7 Å². The van der Waals surface area contributed by atoms with E-state index in [0.29, 0.717) is 5.91 Å². The maximum atomic E-state index is 13.4. The van der Waals surface area contributed by atoms with E-state index in [-0.39, 0.29) is 12.0 Å². The van der Waals surface area contributed by atoms with Crippen molar-refractivity contribution >= 4 is 17.1 Å². The van der Waals surface area contributed by atoms with Crippen molar-refractivity contribution in [2.75, 3.05) is 26.2 Å². The van der Waals surface area contributed by atoms with E-state index in [0.717, 1.165) is 81.1 Å². The molecule has 0 N–H and O–H groups in total. The number of piperidine rings is 2. The monoisotopic (exact) mass is 482 g/mol. The van der Waals surface area contributed by atoms with Gasteiger partial charge in [-0.15, -0.1) is 0 Å². The molecule has 2 saturated heterocycles. The Kier molecular flexibility index (Phi) is 6.38. The fourth-order valence-corrected chi connectivity index (χ4v) is 5.56. The summed E-state index contributed by atoms with van der Waals surface area (Å²) in [7, 11) is 0. The normalized spacial score (nSPS) is 18.1. The van der Waals surface area contributed by atoms with Crippen LogP contribution in [-0.4, -0.2) is 71.6 Å². The third-order valence-electron chi connectivity index (χ3n) is 7.47. The Balaban J connectivity index is 1.10. The zero-order valence-electron chi connectivity index (χ0n) is 20.3. The average Bonchev–Trinajstić information content (AvgIpc) is 3.34. The topological polar surface area (TPSA) is 92.9 Å². The predicted molar refractivity (Wildman–Crippen MR) is 136 cm³/mol. The van der Waals surface area contributed by atoms with Crippen LogP contribution in [0.2, 0.25) is 0 Å². The molecule has 6 heterocycles. The zero-order chi connectivity index (χ0) is 24.3. The number of pyridine rings is 2. The van der Waals surface area contributed by atoms with Crippen LogP contribution < -0.4 is 0 Å². The van der Waals surface area contributed by atoms with Crippen LogP contribution in [0.3, 0.4) is 0 Å². The van der Waals surface area contributed by atoms with Gasteiger partial charge in [-0.25, -0.2) is 9.97 Å². The first-order chi connectivity index (χ1) is 17.8. The van der Waals surface area contributed by atoms with Crippen LogP contribution in [0, 0.1) is 5.92 Å². The molecule has 0 unspecified atom stereocenters. The maximum absolute atomic E-state index is 13.4. The molecule has 0 bridgehead atoms. The molecule has 0 aliphatic carbocycles. The molecule has 9 heteroatoms. The van der Waals surface area contributed by atoms with Gasteiger partial charge in [0.2, 0.25) is 5.91 Å². The van der Waals surface area contributed by atoms with E-state index in [9.17, 15) is 4.79 Å². The summed E-state index contributed by atoms with van der Waals surface area (Å²) in [5.74, 6) is 1.29. The standard InChI is InChI=1S/C27H30N8O/c36-27(21-7-14-33(15-8-21)19-20-6-13-30-31-18-20)34-16-9-22(10-17-34)35-25-24(5-3-12-29-25)32-26(35)23-4-1-2-11-28-23/h1-6,11-13,18,21-22H,7-10,14-17,19H2. The van der Waals surface area contributed by atoms with E-state index in [4.69, 9.17) is 4.98 Å². The molecule has 0 spiro atoms. The highest BCUT2D eigenvalue weighted by Crippen LogP contribution is 2.33. The number of hydrogen-bond acceptors (Lipinski definition) is 7. The summed E-state index contributed by atoms with van der Waals surface area (Å²) in [6.07, 6.45) is 10.8. The molecular weight excluding hydrogens is 452 g/mol. The summed E-state index contributed by atoms with van der Waals surface area (Å²) >= 11 is 0. The van der Waals surface area contributed by atoms with Gasteiger partial charge in [-0.2, -0.15) is 10.2 Å². The number of aromatic nitrogens is 6. The summed E-state index contributed by atoms with van der Waals surface area (Å²) in [5, 5.41) is 7.82. The van der Waals surface area contributed by atoms with Crippen LogP contribution in [0.5, 0.6) is 0 Å². The lowest BCUT2D eigenvalue weighted by Gasteiger charge is -2.37. The maximum Gasteiger partial charge on any atom is 0.225 e. The predicted octanol–water partition coefficient (Wildman–Crippen LogP) is 3.36. The van der Waals surface area contributed by atoms with Crippen molar-refractivity contribution in [3.8, 4) is 11.5 Å². The van der Waals surface area contributed by atoms with Crippen molar-refractivity contribution < 1.29 is 4.79 Å². The summed E-state index contributed by atoms with van der Waals surface area (Å²) in [6, 6.07) is 12.1. The summed E-state index contributed by atoms with van der Waals surface area (Å²) in [5.41, 5.74) is 3.79. The van der Waals surface area contributed by atoms with Crippen molar-refractivity contribution in [1.82, 2.24) is 39.5 Å². The number of imidazole rings is 1. The SMILES string of the molecule is O=C(C1CCN(Cc2ccnnc2)CC1)N1CCC(n2c(-c3ccccn3)nc3cccnc32)CC1.